The van der Waals surface area contributed by atoms with Crippen molar-refractivity contribution in [2.24, 2.45) is 5.41 Å². The Kier molecular flexibility index (Phi) is 5.18. The van der Waals surface area contributed by atoms with Crippen LogP contribution in [0.2, 0.25) is 0 Å². The molecule has 1 aromatic carbocycles. The third kappa shape index (κ3) is 4.37. The number of carbonyl (C=O) groups excluding carboxylic acids is 1. The smallest absolute Gasteiger partial charge is 0.326 e. The first-order valence-electron chi connectivity index (χ1n) is 6.76. The monoisotopic (exact) mass is 294 g/mol. The summed E-state index contributed by atoms with van der Waals surface area (Å²) < 4.78 is 0. The van der Waals surface area contributed by atoms with Crippen molar-refractivity contribution >= 4 is 17.7 Å². The molecule has 1 rings (SSSR count). The molecular formula is C15H22N2O4. The molecule has 1 atom stereocenters. The van der Waals surface area contributed by atoms with Gasteiger partial charge < -0.3 is 15.5 Å². The molecule has 0 spiro atoms. The highest BCUT2D eigenvalue weighted by molar-refractivity contribution is 5.94. The van der Waals surface area contributed by atoms with E-state index in [0.29, 0.717) is 12.2 Å². The number of anilines is 1. The van der Waals surface area contributed by atoms with Crippen LogP contribution in [0.25, 0.3) is 0 Å². The molecule has 0 aliphatic rings. The molecule has 21 heavy (non-hydrogen) atoms. The molecule has 1 aromatic rings. The zero-order valence-corrected chi connectivity index (χ0v) is 12.8. The number of phenols is 1. The van der Waals surface area contributed by atoms with Gasteiger partial charge in [0.15, 0.2) is 0 Å². The van der Waals surface area contributed by atoms with Gasteiger partial charge in [-0.3, -0.25) is 4.90 Å². The fourth-order valence-corrected chi connectivity index (χ4v) is 1.95. The molecule has 0 saturated carbocycles. The van der Waals surface area contributed by atoms with Crippen molar-refractivity contribution in [1.82, 2.24) is 5.32 Å². The minimum Gasteiger partial charge on any atom is -0.508 e. The Hall–Kier alpha value is -2.24. The van der Waals surface area contributed by atoms with E-state index in [-0.39, 0.29) is 5.75 Å². The second kappa shape index (κ2) is 6.47. The molecule has 3 N–H and O–H groups in total. The number of aromatic hydroxyl groups is 1. The number of carboxylic acids is 1. The number of carboxylic acid groups (broad SMARTS) is 1. The summed E-state index contributed by atoms with van der Waals surface area (Å²) in [6.45, 7) is 7.37. The first kappa shape index (κ1) is 16.8. The topological polar surface area (TPSA) is 89.9 Å². The molecule has 0 aliphatic carbocycles. The van der Waals surface area contributed by atoms with Gasteiger partial charge in [0.2, 0.25) is 0 Å². The number of amides is 2. The summed E-state index contributed by atoms with van der Waals surface area (Å²) in [7, 11) is 0. The van der Waals surface area contributed by atoms with Crippen LogP contribution >= 0.6 is 0 Å². The summed E-state index contributed by atoms with van der Waals surface area (Å²) >= 11 is 0. The van der Waals surface area contributed by atoms with Crippen LogP contribution in [0.5, 0.6) is 5.75 Å². The Labute approximate surface area is 124 Å². The maximum atomic E-state index is 12.3. The minimum absolute atomic E-state index is 0.0457. The lowest BCUT2D eigenvalue weighted by Gasteiger charge is -2.30. The van der Waals surface area contributed by atoms with Gasteiger partial charge in [0.05, 0.1) is 0 Å². The van der Waals surface area contributed by atoms with Gasteiger partial charge in [0.1, 0.15) is 11.8 Å². The van der Waals surface area contributed by atoms with E-state index in [0.717, 1.165) is 0 Å². The fourth-order valence-electron chi connectivity index (χ4n) is 1.95. The average molecular weight is 294 g/mol. The predicted molar refractivity (Wildman–Crippen MR) is 80.5 cm³/mol. The van der Waals surface area contributed by atoms with E-state index in [9.17, 15) is 19.8 Å². The van der Waals surface area contributed by atoms with E-state index in [2.05, 4.69) is 5.32 Å². The Morgan fingerprint density at radius 3 is 2.38 bits per heavy atom. The van der Waals surface area contributed by atoms with Crippen molar-refractivity contribution in [1.29, 1.82) is 0 Å². The van der Waals surface area contributed by atoms with Crippen LogP contribution in [0.3, 0.4) is 0 Å². The molecule has 6 heteroatoms. The van der Waals surface area contributed by atoms with Crippen LogP contribution in [0.4, 0.5) is 10.5 Å². The lowest BCUT2D eigenvalue weighted by atomic mass is 9.87. The van der Waals surface area contributed by atoms with Crippen LogP contribution in [0.15, 0.2) is 24.3 Å². The van der Waals surface area contributed by atoms with Gasteiger partial charge in [0.25, 0.3) is 0 Å². The highest BCUT2D eigenvalue weighted by Crippen LogP contribution is 2.22. The maximum absolute atomic E-state index is 12.3. The van der Waals surface area contributed by atoms with Gasteiger partial charge >= 0.3 is 12.0 Å². The third-order valence-corrected chi connectivity index (χ3v) is 3.08. The van der Waals surface area contributed by atoms with Gasteiger partial charge in [-0.2, -0.15) is 0 Å². The number of hydrogen-bond acceptors (Lipinski definition) is 3. The number of benzene rings is 1. The molecule has 0 radical (unpaired) electrons. The molecule has 2 amide bonds. The number of rotatable bonds is 4. The maximum Gasteiger partial charge on any atom is 0.326 e. The first-order valence-corrected chi connectivity index (χ1v) is 6.76. The van der Waals surface area contributed by atoms with Crippen LogP contribution in [0, 0.1) is 5.41 Å². The molecule has 0 saturated heterocycles. The largest absolute Gasteiger partial charge is 0.508 e. The fraction of sp³-hybridized carbons (Fsp3) is 0.467. The minimum atomic E-state index is -1.08. The van der Waals surface area contributed by atoms with E-state index in [1.807, 2.05) is 0 Å². The summed E-state index contributed by atoms with van der Waals surface area (Å²) in [6.07, 6.45) is 0. The Balaban J connectivity index is 2.96. The highest BCUT2D eigenvalue weighted by atomic mass is 16.4. The Morgan fingerprint density at radius 2 is 1.95 bits per heavy atom. The van der Waals surface area contributed by atoms with E-state index >= 15 is 0 Å². The molecule has 0 heterocycles. The number of phenolic OH excluding ortho intramolecular Hbond substituents is 1. The van der Waals surface area contributed by atoms with Crippen LogP contribution in [-0.4, -0.2) is 34.8 Å². The lowest BCUT2D eigenvalue weighted by molar-refractivity contribution is -0.141. The van der Waals surface area contributed by atoms with Gasteiger partial charge in [-0.1, -0.05) is 26.8 Å². The number of urea groups is 1. The summed E-state index contributed by atoms with van der Waals surface area (Å²) in [5.41, 5.74) is -0.104. The second-order valence-electron chi connectivity index (χ2n) is 5.85. The van der Waals surface area contributed by atoms with Crippen molar-refractivity contribution in [3.8, 4) is 5.75 Å². The van der Waals surface area contributed by atoms with Gasteiger partial charge in [-0.25, -0.2) is 9.59 Å². The summed E-state index contributed by atoms with van der Waals surface area (Å²) in [5.74, 6) is -1.04. The van der Waals surface area contributed by atoms with Crippen molar-refractivity contribution in [3.63, 3.8) is 0 Å². The Bertz CT molecular complexity index is 523. The third-order valence-electron chi connectivity index (χ3n) is 3.08. The summed E-state index contributed by atoms with van der Waals surface area (Å²) in [5, 5.41) is 21.3. The molecule has 0 fully saturated rings. The molecular weight excluding hydrogens is 272 g/mol. The van der Waals surface area contributed by atoms with E-state index < -0.39 is 23.5 Å². The van der Waals surface area contributed by atoms with E-state index in [1.54, 1.807) is 39.8 Å². The van der Waals surface area contributed by atoms with Crippen LogP contribution < -0.4 is 10.2 Å². The van der Waals surface area contributed by atoms with Gasteiger partial charge in [0, 0.05) is 18.3 Å². The van der Waals surface area contributed by atoms with Gasteiger partial charge in [-0.15, -0.1) is 0 Å². The van der Waals surface area contributed by atoms with Gasteiger partial charge in [-0.05, 0) is 24.5 Å². The standard InChI is InChI=1S/C15H22N2O4/c1-5-17(10-7-6-8-11(18)9-10)14(21)16-12(13(19)20)15(2,3)4/h6-9,12,18H,5H2,1-4H3,(H,16,21)(H,19,20)/t12-/m0/s1. The molecule has 0 unspecified atom stereocenters. The molecule has 116 valence electrons. The van der Waals surface area contributed by atoms with Crippen molar-refractivity contribution in [3.05, 3.63) is 24.3 Å². The number of hydrogen-bond donors (Lipinski definition) is 3. The SMILES string of the molecule is CCN(C(=O)N[C@@H](C(=O)O)C(C)(C)C)c1cccc(O)c1. The molecule has 0 aromatic heterocycles. The summed E-state index contributed by atoms with van der Waals surface area (Å²) in [4.78, 5) is 25.0. The van der Waals surface area contributed by atoms with Crippen LogP contribution in [0.1, 0.15) is 27.7 Å². The number of nitrogens with zero attached hydrogens (tertiary/aromatic N) is 1. The number of nitrogens with one attached hydrogen (secondary N) is 1. The quantitative estimate of drug-likeness (QED) is 0.795. The molecule has 0 bridgehead atoms. The Morgan fingerprint density at radius 1 is 1.33 bits per heavy atom. The normalized spacial score (nSPS) is 12.6. The lowest BCUT2D eigenvalue weighted by Crippen LogP contribution is -2.53. The zero-order chi connectivity index (χ0) is 16.2. The average Bonchev–Trinajstić information content (AvgIpc) is 2.35. The highest BCUT2D eigenvalue weighted by Gasteiger charge is 2.33. The molecule has 0 aliphatic heterocycles. The second-order valence-corrected chi connectivity index (χ2v) is 5.85. The van der Waals surface area contributed by atoms with Crippen molar-refractivity contribution in [2.45, 2.75) is 33.7 Å². The molecule has 6 nitrogen and oxygen atoms in total. The zero-order valence-electron chi connectivity index (χ0n) is 12.8. The van der Waals surface area contributed by atoms with Crippen molar-refractivity contribution in [2.75, 3.05) is 11.4 Å². The van der Waals surface area contributed by atoms with E-state index in [4.69, 9.17) is 0 Å². The summed E-state index contributed by atoms with van der Waals surface area (Å²) in [6, 6.07) is 4.75. The van der Waals surface area contributed by atoms with E-state index in [1.165, 1.54) is 17.0 Å². The number of carbonyl (C=O) groups is 2. The number of aliphatic carboxylic acids is 1. The van der Waals surface area contributed by atoms with Crippen molar-refractivity contribution < 1.29 is 19.8 Å². The predicted octanol–water partition coefficient (Wildman–Crippen LogP) is 2.43. The van der Waals surface area contributed by atoms with Crippen LogP contribution in [-0.2, 0) is 4.79 Å². The first-order chi connectivity index (χ1) is 9.66.